The lowest BCUT2D eigenvalue weighted by Gasteiger charge is -2.34. The average Bonchev–Trinajstić information content (AvgIpc) is 2.56. The Labute approximate surface area is 147 Å². The Balaban J connectivity index is 1.76. The summed E-state index contributed by atoms with van der Waals surface area (Å²) < 4.78 is 37.7. The summed E-state index contributed by atoms with van der Waals surface area (Å²) in [4.78, 5) is 16.2. The lowest BCUT2D eigenvalue weighted by Crippen LogP contribution is -2.49. The predicted molar refractivity (Wildman–Crippen MR) is 91.1 cm³/mol. The first-order valence-electron chi connectivity index (χ1n) is 8.68. The van der Waals surface area contributed by atoms with Gasteiger partial charge in [0.05, 0.1) is 12.1 Å². The zero-order valence-electron chi connectivity index (χ0n) is 14.8. The molecule has 0 unspecified atom stereocenters. The molecule has 1 aromatic carbocycles. The molecule has 7 heteroatoms. The minimum atomic E-state index is -4.29. The van der Waals surface area contributed by atoms with Crippen LogP contribution in [0.25, 0.3) is 0 Å². The molecule has 0 bridgehead atoms. The first-order chi connectivity index (χ1) is 11.8. The first-order valence-corrected chi connectivity index (χ1v) is 8.68. The van der Waals surface area contributed by atoms with Gasteiger partial charge in [-0.2, -0.15) is 13.2 Å². The maximum atomic E-state index is 12.6. The van der Waals surface area contributed by atoms with Gasteiger partial charge in [-0.1, -0.05) is 19.1 Å². The molecule has 1 aliphatic rings. The first kappa shape index (κ1) is 19.7. The molecular weight excluding hydrogens is 331 g/mol. The fourth-order valence-electron chi connectivity index (χ4n) is 2.79. The topological polar surface area (TPSA) is 35.6 Å². The standard InChI is InChI=1S/C18H26F3N3O/c1-3-14(2)22-17(25)13-24-10-8-23(9-11-24)12-15-4-6-16(7-5-15)18(19,20)21/h4-7,14H,3,8-13H2,1-2H3,(H,22,25)/t14-/m1/s1. The Bertz CT molecular complexity index is 552. The Morgan fingerprint density at radius 3 is 2.20 bits per heavy atom. The number of carbonyl (C=O) groups excluding carboxylic acids is 1. The van der Waals surface area contributed by atoms with Crippen LogP contribution in [0.5, 0.6) is 0 Å². The molecule has 0 spiro atoms. The predicted octanol–water partition coefficient (Wildman–Crippen LogP) is 2.74. The van der Waals surface area contributed by atoms with Crippen LogP contribution in [-0.2, 0) is 17.5 Å². The highest BCUT2D eigenvalue weighted by Crippen LogP contribution is 2.29. The van der Waals surface area contributed by atoms with Crippen molar-refractivity contribution in [2.75, 3.05) is 32.7 Å². The van der Waals surface area contributed by atoms with Gasteiger partial charge in [0.1, 0.15) is 0 Å². The smallest absolute Gasteiger partial charge is 0.353 e. The van der Waals surface area contributed by atoms with Crippen LogP contribution in [0.4, 0.5) is 13.2 Å². The number of rotatable bonds is 6. The van der Waals surface area contributed by atoms with E-state index in [1.807, 2.05) is 13.8 Å². The highest BCUT2D eigenvalue weighted by molar-refractivity contribution is 5.78. The van der Waals surface area contributed by atoms with E-state index in [1.54, 1.807) is 0 Å². The Morgan fingerprint density at radius 2 is 1.68 bits per heavy atom. The van der Waals surface area contributed by atoms with Gasteiger partial charge in [-0.3, -0.25) is 14.6 Å². The molecule has 1 aromatic rings. The summed E-state index contributed by atoms with van der Waals surface area (Å²) in [5.74, 6) is 0.0468. The summed E-state index contributed by atoms with van der Waals surface area (Å²) in [5, 5.41) is 2.96. The third-order valence-corrected chi connectivity index (χ3v) is 4.54. The lowest BCUT2D eigenvalue weighted by molar-refractivity contribution is -0.137. The zero-order chi connectivity index (χ0) is 18.4. The van der Waals surface area contributed by atoms with E-state index in [0.717, 1.165) is 50.3 Å². The number of alkyl halides is 3. The second-order valence-electron chi connectivity index (χ2n) is 6.62. The minimum absolute atomic E-state index is 0.0468. The highest BCUT2D eigenvalue weighted by Gasteiger charge is 2.30. The summed E-state index contributed by atoms with van der Waals surface area (Å²) in [7, 11) is 0. The van der Waals surface area contributed by atoms with Crippen LogP contribution in [0.2, 0.25) is 0 Å². The van der Waals surface area contributed by atoms with E-state index >= 15 is 0 Å². The molecule has 25 heavy (non-hydrogen) atoms. The van der Waals surface area contributed by atoms with Gasteiger partial charge in [0.15, 0.2) is 0 Å². The van der Waals surface area contributed by atoms with E-state index in [1.165, 1.54) is 12.1 Å². The molecule has 1 aliphatic heterocycles. The molecule has 1 amide bonds. The van der Waals surface area contributed by atoms with Crippen LogP contribution in [0.1, 0.15) is 31.4 Å². The van der Waals surface area contributed by atoms with Crippen LogP contribution in [0.15, 0.2) is 24.3 Å². The Morgan fingerprint density at radius 1 is 1.12 bits per heavy atom. The largest absolute Gasteiger partial charge is 0.416 e. The quantitative estimate of drug-likeness (QED) is 0.850. The number of halogens is 3. The number of hydrogen-bond acceptors (Lipinski definition) is 3. The van der Waals surface area contributed by atoms with Gasteiger partial charge in [-0.25, -0.2) is 0 Å². The van der Waals surface area contributed by atoms with E-state index in [2.05, 4.69) is 15.1 Å². The molecule has 140 valence electrons. The minimum Gasteiger partial charge on any atom is -0.353 e. The molecule has 0 saturated carbocycles. The van der Waals surface area contributed by atoms with Gasteiger partial charge in [0.25, 0.3) is 0 Å². The van der Waals surface area contributed by atoms with Crippen molar-refractivity contribution in [3.63, 3.8) is 0 Å². The second-order valence-corrected chi connectivity index (χ2v) is 6.62. The van der Waals surface area contributed by atoms with Crippen molar-refractivity contribution < 1.29 is 18.0 Å². The van der Waals surface area contributed by atoms with Crippen molar-refractivity contribution in [1.82, 2.24) is 15.1 Å². The second kappa shape index (κ2) is 8.67. The van der Waals surface area contributed by atoms with Crippen molar-refractivity contribution in [2.24, 2.45) is 0 Å². The van der Waals surface area contributed by atoms with Crippen LogP contribution >= 0.6 is 0 Å². The van der Waals surface area contributed by atoms with Crippen LogP contribution in [0.3, 0.4) is 0 Å². The van der Waals surface area contributed by atoms with E-state index in [0.29, 0.717) is 13.1 Å². The number of piperazine rings is 1. The fourth-order valence-corrected chi connectivity index (χ4v) is 2.79. The summed E-state index contributed by atoms with van der Waals surface area (Å²) in [5.41, 5.74) is 0.254. The lowest BCUT2D eigenvalue weighted by atomic mass is 10.1. The molecule has 1 N–H and O–H groups in total. The molecule has 1 atom stereocenters. The Hall–Kier alpha value is -1.60. The molecule has 1 saturated heterocycles. The number of nitrogens with one attached hydrogen (secondary N) is 1. The number of hydrogen-bond donors (Lipinski definition) is 1. The van der Waals surface area contributed by atoms with Gasteiger partial charge in [-0.15, -0.1) is 0 Å². The van der Waals surface area contributed by atoms with Crippen LogP contribution < -0.4 is 5.32 Å². The summed E-state index contributed by atoms with van der Waals surface area (Å²) >= 11 is 0. The van der Waals surface area contributed by atoms with Crippen molar-refractivity contribution in [1.29, 1.82) is 0 Å². The molecule has 4 nitrogen and oxygen atoms in total. The van der Waals surface area contributed by atoms with Gasteiger partial charge in [0, 0.05) is 38.8 Å². The average molecular weight is 357 g/mol. The maximum absolute atomic E-state index is 12.6. The molecule has 1 heterocycles. The summed E-state index contributed by atoms with van der Waals surface area (Å²) in [6.45, 7) is 8.23. The molecular formula is C18H26F3N3O. The molecule has 2 rings (SSSR count). The SMILES string of the molecule is CC[C@@H](C)NC(=O)CN1CCN(Cc2ccc(C(F)(F)F)cc2)CC1. The monoisotopic (exact) mass is 357 g/mol. The van der Waals surface area contributed by atoms with Crippen molar-refractivity contribution in [3.8, 4) is 0 Å². The molecule has 0 aliphatic carbocycles. The van der Waals surface area contributed by atoms with Gasteiger partial charge in [0.2, 0.25) is 5.91 Å². The van der Waals surface area contributed by atoms with E-state index in [4.69, 9.17) is 0 Å². The van der Waals surface area contributed by atoms with Crippen LogP contribution in [-0.4, -0.2) is 54.5 Å². The zero-order valence-corrected chi connectivity index (χ0v) is 14.8. The van der Waals surface area contributed by atoms with E-state index in [-0.39, 0.29) is 11.9 Å². The fraction of sp³-hybridized carbons (Fsp3) is 0.611. The number of benzene rings is 1. The number of amides is 1. The number of carbonyl (C=O) groups is 1. The Kier molecular flexibility index (Phi) is 6.84. The molecule has 1 fully saturated rings. The maximum Gasteiger partial charge on any atom is 0.416 e. The summed E-state index contributed by atoms with van der Waals surface area (Å²) in [6.07, 6.45) is -3.38. The number of nitrogens with zero attached hydrogens (tertiary/aromatic N) is 2. The van der Waals surface area contributed by atoms with Gasteiger partial charge in [-0.05, 0) is 31.0 Å². The third-order valence-electron chi connectivity index (χ3n) is 4.54. The van der Waals surface area contributed by atoms with Crippen LogP contribution in [0, 0.1) is 0 Å². The van der Waals surface area contributed by atoms with Crippen molar-refractivity contribution in [2.45, 2.75) is 39.0 Å². The van der Waals surface area contributed by atoms with Gasteiger partial charge < -0.3 is 5.32 Å². The molecule has 0 aromatic heterocycles. The molecule has 0 radical (unpaired) electrons. The normalized spacial score (nSPS) is 18.1. The highest BCUT2D eigenvalue weighted by atomic mass is 19.4. The van der Waals surface area contributed by atoms with E-state index < -0.39 is 11.7 Å². The van der Waals surface area contributed by atoms with Gasteiger partial charge >= 0.3 is 6.18 Å². The van der Waals surface area contributed by atoms with E-state index in [9.17, 15) is 18.0 Å². The van der Waals surface area contributed by atoms with Crippen molar-refractivity contribution in [3.05, 3.63) is 35.4 Å². The third kappa shape index (κ3) is 6.32. The summed E-state index contributed by atoms with van der Waals surface area (Å²) in [6, 6.07) is 5.52. The van der Waals surface area contributed by atoms with Crippen molar-refractivity contribution >= 4 is 5.91 Å².